The van der Waals surface area contributed by atoms with Crippen LogP contribution in [0.5, 0.6) is 5.75 Å². The highest BCUT2D eigenvalue weighted by Gasteiger charge is 2.25. The molecule has 0 aliphatic carbocycles. The minimum atomic E-state index is -0.512. The van der Waals surface area contributed by atoms with Crippen LogP contribution in [0.25, 0.3) is 10.8 Å². The molecule has 1 heterocycles. The van der Waals surface area contributed by atoms with Crippen molar-refractivity contribution in [1.29, 1.82) is 0 Å². The molecule has 4 heteroatoms. The van der Waals surface area contributed by atoms with E-state index < -0.39 is 6.10 Å². The van der Waals surface area contributed by atoms with Crippen LogP contribution in [-0.4, -0.2) is 54.6 Å². The van der Waals surface area contributed by atoms with E-state index >= 15 is 0 Å². The van der Waals surface area contributed by atoms with Crippen LogP contribution in [0.15, 0.2) is 42.5 Å². The predicted molar refractivity (Wildman–Crippen MR) is 91.9 cm³/mol. The number of nitrogens with zero attached hydrogens (tertiary/aromatic N) is 1. The number of rotatable bonds is 5. The van der Waals surface area contributed by atoms with E-state index in [1.54, 1.807) is 0 Å². The Morgan fingerprint density at radius 2 is 2.00 bits per heavy atom. The SMILES string of the molecule is C[C@@H]1CN(C[C@H](O)COc2cccc3ccccc23)[C@H](C)CO1. The Bertz CT molecular complexity index is 640. The van der Waals surface area contributed by atoms with Crippen LogP contribution >= 0.6 is 0 Å². The van der Waals surface area contributed by atoms with Crippen LogP contribution in [0.1, 0.15) is 13.8 Å². The normalized spacial score (nSPS) is 23.8. The molecule has 1 saturated heterocycles. The van der Waals surface area contributed by atoms with Gasteiger partial charge in [0.25, 0.3) is 0 Å². The number of ether oxygens (including phenoxy) is 2. The second kappa shape index (κ2) is 7.30. The molecule has 0 bridgehead atoms. The van der Waals surface area contributed by atoms with Crippen LogP contribution in [0.4, 0.5) is 0 Å². The summed E-state index contributed by atoms with van der Waals surface area (Å²) in [5, 5.41) is 12.6. The molecule has 23 heavy (non-hydrogen) atoms. The minimum Gasteiger partial charge on any atom is -0.490 e. The van der Waals surface area contributed by atoms with Gasteiger partial charge in [0, 0.05) is 24.5 Å². The standard InChI is InChI=1S/C19H25NO3/c1-14-12-22-15(2)10-20(14)11-17(21)13-23-19-9-5-7-16-6-3-4-8-18(16)19/h3-9,14-15,17,21H,10-13H2,1-2H3/t14-,15-,17+/m1/s1. The van der Waals surface area contributed by atoms with Crippen LogP contribution in [0, 0.1) is 0 Å². The van der Waals surface area contributed by atoms with E-state index in [2.05, 4.69) is 30.9 Å². The van der Waals surface area contributed by atoms with E-state index in [1.807, 2.05) is 30.3 Å². The Labute approximate surface area is 137 Å². The molecule has 3 rings (SSSR count). The molecule has 0 aromatic heterocycles. The van der Waals surface area contributed by atoms with Gasteiger partial charge >= 0.3 is 0 Å². The van der Waals surface area contributed by atoms with E-state index in [0.717, 1.165) is 29.7 Å². The number of aliphatic hydroxyl groups is 1. The first kappa shape index (κ1) is 16.2. The van der Waals surface area contributed by atoms with Gasteiger partial charge in [0.15, 0.2) is 0 Å². The van der Waals surface area contributed by atoms with Crippen molar-refractivity contribution in [2.75, 3.05) is 26.3 Å². The number of β-amino-alcohol motifs (C(OH)–C–C–N with tert-alkyl or cyclic N) is 1. The van der Waals surface area contributed by atoms with E-state index in [9.17, 15) is 5.11 Å². The van der Waals surface area contributed by atoms with Gasteiger partial charge in [0.05, 0.1) is 12.7 Å². The summed E-state index contributed by atoms with van der Waals surface area (Å²) in [6, 6.07) is 14.5. The van der Waals surface area contributed by atoms with Crippen molar-refractivity contribution >= 4 is 10.8 Å². The Hall–Kier alpha value is -1.62. The molecule has 3 atom stereocenters. The maximum absolute atomic E-state index is 10.3. The molecule has 0 saturated carbocycles. The summed E-state index contributed by atoms with van der Waals surface area (Å²) in [6.45, 7) is 6.68. The van der Waals surface area contributed by atoms with E-state index in [0.29, 0.717) is 19.2 Å². The number of hydrogen-bond donors (Lipinski definition) is 1. The molecule has 1 N–H and O–H groups in total. The van der Waals surface area contributed by atoms with Crippen molar-refractivity contribution in [3.05, 3.63) is 42.5 Å². The Balaban J connectivity index is 1.59. The smallest absolute Gasteiger partial charge is 0.127 e. The zero-order valence-corrected chi connectivity index (χ0v) is 13.8. The maximum Gasteiger partial charge on any atom is 0.127 e. The van der Waals surface area contributed by atoms with Gasteiger partial charge in [-0.2, -0.15) is 0 Å². The quantitative estimate of drug-likeness (QED) is 0.921. The zero-order chi connectivity index (χ0) is 16.2. The average Bonchev–Trinajstić information content (AvgIpc) is 2.56. The number of fused-ring (bicyclic) bond motifs is 1. The lowest BCUT2D eigenvalue weighted by atomic mass is 10.1. The third kappa shape index (κ3) is 4.02. The topological polar surface area (TPSA) is 41.9 Å². The van der Waals surface area contributed by atoms with Gasteiger partial charge in [-0.1, -0.05) is 36.4 Å². The van der Waals surface area contributed by atoms with Crippen LogP contribution < -0.4 is 4.74 Å². The summed E-state index contributed by atoms with van der Waals surface area (Å²) >= 11 is 0. The monoisotopic (exact) mass is 315 g/mol. The van der Waals surface area contributed by atoms with Crippen molar-refractivity contribution < 1.29 is 14.6 Å². The highest BCUT2D eigenvalue weighted by molar-refractivity contribution is 5.88. The van der Waals surface area contributed by atoms with Crippen molar-refractivity contribution in [3.8, 4) is 5.75 Å². The van der Waals surface area contributed by atoms with Crippen LogP contribution in [0.2, 0.25) is 0 Å². The minimum absolute atomic E-state index is 0.220. The van der Waals surface area contributed by atoms with Crippen molar-refractivity contribution in [1.82, 2.24) is 4.90 Å². The Morgan fingerprint density at radius 1 is 1.22 bits per heavy atom. The molecule has 124 valence electrons. The fourth-order valence-corrected chi connectivity index (χ4v) is 3.06. The third-order valence-electron chi connectivity index (χ3n) is 4.36. The summed E-state index contributed by atoms with van der Waals surface area (Å²) in [6.07, 6.45) is -0.292. The lowest BCUT2D eigenvalue weighted by molar-refractivity contribution is -0.0650. The van der Waals surface area contributed by atoms with E-state index in [4.69, 9.17) is 9.47 Å². The highest BCUT2D eigenvalue weighted by Crippen LogP contribution is 2.25. The molecular weight excluding hydrogens is 290 g/mol. The molecule has 2 aromatic rings. The first-order chi connectivity index (χ1) is 11.1. The molecule has 1 aliphatic rings. The summed E-state index contributed by atoms with van der Waals surface area (Å²) < 4.78 is 11.5. The highest BCUT2D eigenvalue weighted by atomic mass is 16.5. The maximum atomic E-state index is 10.3. The number of benzene rings is 2. The fourth-order valence-electron chi connectivity index (χ4n) is 3.06. The average molecular weight is 315 g/mol. The first-order valence-corrected chi connectivity index (χ1v) is 8.28. The predicted octanol–water partition coefficient (Wildman–Crippen LogP) is 2.69. The van der Waals surface area contributed by atoms with E-state index in [1.165, 1.54) is 0 Å². The van der Waals surface area contributed by atoms with Crippen molar-refractivity contribution in [3.63, 3.8) is 0 Å². The molecule has 0 spiro atoms. The second-order valence-corrected chi connectivity index (χ2v) is 6.39. The molecular formula is C19H25NO3. The largest absolute Gasteiger partial charge is 0.490 e. The molecule has 0 unspecified atom stereocenters. The molecule has 1 aliphatic heterocycles. The molecule has 4 nitrogen and oxygen atoms in total. The summed E-state index contributed by atoms with van der Waals surface area (Å²) in [7, 11) is 0. The van der Waals surface area contributed by atoms with Gasteiger partial charge in [-0.25, -0.2) is 0 Å². The van der Waals surface area contributed by atoms with Crippen LogP contribution in [0.3, 0.4) is 0 Å². The van der Waals surface area contributed by atoms with Crippen molar-refractivity contribution in [2.45, 2.75) is 32.1 Å². The van der Waals surface area contributed by atoms with Gasteiger partial charge < -0.3 is 14.6 Å². The summed E-state index contributed by atoms with van der Waals surface area (Å²) in [5.41, 5.74) is 0. The Kier molecular flexibility index (Phi) is 5.16. The Morgan fingerprint density at radius 3 is 2.87 bits per heavy atom. The first-order valence-electron chi connectivity index (χ1n) is 8.28. The fraction of sp³-hybridized carbons (Fsp3) is 0.474. The molecule has 1 fully saturated rings. The zero-order valence-electron chi connectivity index (χ0n) is 13.8. The molecule has 2 aromatic carbocycles. The summed E-state index contributed by atoms with van der Waals surface area (Å²) in [4.78, 5) is 2.27. The lowest BCUT2D eigenvalue weighted by Crippen LogP contribution is -2.50. The van der Waals surface area contributed by atoms with Gasteiger partial charge in [0.2, 0.25) is 0 Å². The molecule has 0 radical (unpaired) electrons. The van der Waals surface area contributed by atoms with Gasteiger partial charge in [-0.15, -0.1) is 0 Å². The number of hydrogen-bond acceptors (Lipinski definition) is 4. The third-order valence-corrected chi connectivity index (χ3v) is 4.36. The van der Waals surface area contributed by atoms with E-state index in [-0.39, 0.29) is 6.10 Å². The molecule has 0 amide bonds. The van der Waals surface area contributed by atoms with Crippen molar-refractivity contribution in [2.24, 2.45) is 0 Å². The lowest BCUT2D eigenvalue weighted by Gasteiger charge is -2.37. The number of aliphatic hydroxyl groups excluding tert-OH is 1. The number of morpholine rings is 1. The van der Waals surface area contributed by atoms with Crippen LogP contribution in [-0.2, 0) is 4.74 Å². The van der Waals surface area contributed by atoms with Gasteiger partial charge in [-0.05, 0) is 25.3 Å². The van der Waals surface area contributed by atoms with Gasteiger partial charge in [-0.3, -0.25) is 4.90 Å². The van der Waals surface area contributed by atoms with Gasteiger partial charge in [0.1, 0.15) is 18.5 Å². The second-order valence-electron chi connectivity index (χ2n) is 6.39. The summed E-state index contributed by atoms with van der Waals surface area (Å²) in [5.74, 6) is 0.825.